The molecule has 0 unspecified atom stereocenters. The predicted molar refractivity (Wildman–Crippen MR) is 87.7 cm³/mol. The van der Waals surface area contributed by atoms with Gasteiger partial charge in [0.2, 0.25) is 5.91 Å². The van der Waals surface area contributed by atoms with E-state index in [4.69, 9.17) is 5.11 Å². The Balaban J connectivity index is 1.80. The summed E-state index contributed by atoms with van der Waals surface area (Å²) in [7, 11) is 0. The van der Waals surface area contributed by atoms with Gasteiger partial charge in [-0.3, -0.25) is 4.79 Å². The van der Waals surface area contributed by atoms with Gasteiger partial charge in [0.1, 0.15) is 0 Å². The number of carbonyl (C=O) groups excluding carboxylic acids is 1. The summed E-state index contributed by atoms with van der Waals surface area (Å²) in [5.74, 6) is -0.976. The van der Waals surface area contributed by atoms with Crippen LogP contribution in [0, 0.1) is 0 Å². The third-order valence-corrected chi connectivity index (χ3v) is 4.05. The van der Waals surface area contributed by atoms with Crippen LogP contribution in [-0.4, -0.2) is 17.0 Å². The molecule has 0 saturated heterocycles. The Labute approximate surface area is 137 Å². The molecule has 2 rings (SSSR count). The first-order chi connectivity index (χ1) is 10.6. The quantitative estimate of drug-likeness (QED) is 0.828. The number of carbonyl (C=O) groups is 2. The molecule has 2 aromatic carbocycles. The van der Waals surface area contributed by atoms with Gasteiger partial charge in [-0.15, -0.1) is 0 Å². The van der Waals surface area contributed by atoms with E-state index in [1.165, 1.54) is 0 Å². The number of hydrogen-bond acceptors (Lipinski definition) is 2. The minimum atomic E-state index is -0.947. The lowest BCUT2D eigenvalue weighted by atomic mass is 10.1. The molecule has 0 fully saturated rings. The van der Waals surface area contributed by atoms with E-state index in [2.05, 4.69) is 21.2 Å². The molecule has 0 spiro atoms. The number of amides is 1. The molecule has 0 aromatic heterocycles. The normalized spacial score (nSPS) is 10.2. The van der Waals surface area contributed by atoms with Crippen molar-refractivity contribution in [3.05, 3.63) is 69.7 Å². The van der Waals surface area contributed by atoms with E-state index in [0.29, 0.717) is 19.4 Å². The van der Waals surface area contributed by atoms with E-state index >= 15 is 0 Å². The summed E-state index contributed by atoms with van der Waals surface area (Å²) >= 11 is 3.44. The molecular weight excluding hydrogens is 346 g/mol. The Hall–Kier alpha value is -2.14. The monoisotopic (exact) mass is 361 g/mol. The van der Waals surface area contributed by atoms with Gasteiger partial charge >= 0.3 is 5.97 Å². The lowest BCUT2D eigenvalue weighted by Gasteiger charge is -2.07. The Morgan fingerprint density at radius 2 is 1.73 bits per heavy atom. The van der Waals surface area contributed by atoms with Gasteiger partial charge in [0.05, 0.1) is 5.56 Å². The lowest BCUT2D eigenvalue weighted by molar-refractivity contribution is -0.121. The Bertz CT molecular complexity index is 668. The van der Waals surface area contributed by atoms with Crippen LogP contribution in [0.25, 0.3) is 0 Å². The highest BCUT2D eigenvalue weighted by Gasteiger charge is 2.05. The second-order valence-corrected chi connectivity index (χ2v) is 5.72. The molecule has 0 heterocycles. The summed E-state index contributed by atoms with van der Waals surface area (Å²) in [6.45, 7) is 0.484. The van der Waals surface area contributed by atoms with Crippen LogP contribution in [-0.2, 0) is 17.8 Å². The zero-order chi connectivity index (χ0) is 15.9. The summed E-state index contributed by atoms with van der Waals surface area (Å²) in [6, 6.07) is 14.3. The Morgan fingerprint density at radius 1 is 1.05 bits per heavy atom. The largest absolute Gasteiger partial charge is 0.478 e. The molecular formula is C17H16BrNO3. The second kappa shape index (κ2) is 7.75. The van der Waals surface area contributed by atoms with Crippen molar-refractivity contribution in [3.63, 3.8) is 0 Å². The molecule has 4 nitrogen and oxygen atoms in total. The van der Waals surface area contributed by atoms with Crippen LogP contribution in [0.5, 0.6) is 0 Å². The van der Waals surface area contributed by atoms with Crippen LogP contribution >= 0.6 is 15.9 Å². The number of aryl methyl sites for hydroxylation is 1. The molecule has 2 N–H and O–H groups in total. The third-order valence-electron chi connectivity index (χ3n) is 3.28. The Morgan fingerprint density at radius 3 is 2.36 bits per heavy atom. The SMILES string of the molecule is O=C(CCc1ccc(C(=O)O)cc1)NCc1ccccc1Br. The molecule has 0 aliphatic rings. The predicted octanol–water partition coefficient (Wildman–Crippen LogP) is 3.40. The fourth-order valence-corrected chi connectivity index (χ4v) is 2.42. The molecule has 0 bridgehead atoms. The number of carboxylic acid groups (broad SMARTS) is 1. The van der Waals surface area contributed by atoms with Crippen LogP contribution in [0.3, 0.4) is 0 Å². The molecule has 114 valence electrons. The summed E-state index contributed by atoms with van der Waals surface area (Å²) in [5.41, 5.74) is 2.23. The number of aromatic carboxylic acids is 1. The van der Waals surface area contributed by atoms with Crippen LogP contribution in [0.15, 0.2) is 53.0 Å². The van der Waals surface area contributed by atoms with Crippen LogP contribution < -0.4 is 5.32 Å². The van der Waals surface area contributed by atoms with E-state index in [1.807, 2.05) is 24.3 Å². The average Bonchev–Trinajstić information content (AvgIpc) is 2.52. The van der Waals surface area contributed by atoms with Crippen molar-refractivity contribution in [1.29, 1.82) is 0 Å². The maximum Gasteiger partial charge on any atom is 0.335 e. The highest BCUT2D eigenvalue weighted by molar-refractivity contribution is 9.10. The molecule has 0 atom stereocenters. The van der Waals surface area contributed by atoms with Gasteiger partial charge in [0, 0.05) is 17.4 Å². The van der Waals surface area contributed by atoms with E-state index < -0.39 is 5.97 Å². The third kappa shape index (κ3) is 4.70. The van der Waals surface area contributed by atoms with E-state index in [-0.39, 0.29) is 11.5 Å². The molecule has 1 amide bonds. The van der Waals surface area contributed by atoms with Gasteiger partial charge in [0.15, 0.2) is 0 Å². The van der Waals surface area contributed by atoms with Gasteiger partial charge in [-0.2, -0.15) is 0 Å². The molecule has 0 aliphatic heterocycles. The number of benzene rings is 2. The molecule has 0 radical (unpaired) electrons. The first kappa shape index (κ1) is 16.2. The smallest absolute Gasteiger partial charge is 0.335 e. The van der Waals surface area contributed by atoms with E-state index in [0.717, 1.165) is 15.6 Å². The molecule has 0 aliphatic carbocycles. The van der Waals surface area contributed by atoms with Crippen molar-refractivity contribution >= 4 is 27.8 Å². The van der Waals surface area contributed by atoms with Crippen LogP contribution in [0.4, 0.5) is 0 Å². The number of rotatable bonds is 6. The van der Waals surface area contributed by atoms with Gasteiger partial charge in [-0.25, -0.2) is 4.79 Å². The standard InChI is InChI=1S/C17H16BrNO3/c18-15-4-2-1-3-14(15)11-19-16(20)10-7-12-5-8-13(9-6-12)17(21)22/h1-6,8-9H,7,10-11H2,(H,19,20)(H,21,22). The molecule has 0 saturated carbocycles. The Kier molecular flexibility index (Phi) is 5.72. The molecule has 5 heteroatoms. The van der Waals surface area contributed by atoms with Gasteiger partial charge in [-0.1, -0.05) is 46.3 Å². The number of carboxylic acids is 1. The highest BCUT2D eigenvalue weighted by Crippen LogP contribution is 2.15. The van der Waals surface area contributed by atoms with Crippen molar-refractivity contribution in [1.82, 2.24) is 5.32 Å². The zero-order valence-corrected chi connectivity index (χ0v) is 13.5. The summed E-state index contributed by atoms with van der Waals surface area (Å²) in [6.07, 6.45) is 0.957. The van der Waals surface area contributed by atoms with Crippen LogP contribution in [0.2, 0.25) is 0 Å². The lowest BCUT2D eigenvalue weighted by Crippen LogP contribution is -2.23. The number of halogens is 1. The minimum Gasteiger partial charge on any atom is -0.478 e. The maximum absolute atomic E-state index is 11.9. The molecule has 2 aromatic rings. The zero-order valence-electron chi connectivity index (χ0n) is 11.9. The van der Waals surface area contributed by atoms with Gasteiger partial charge < -0.3 is 10.4 Å². The number of hydrogen-bond donors (Lipinski definition) is 2. The first-order valence-corrected chi connectivity index (χ1v) is 7.68. The summed E-state index contributed by atoms with van der Waals surface area (Å²) in [5, 5.41) is 11.7. The van der Waals surface area contributed by atoms with Crippen LogP contribution in [0.1, 0.15) is 27.9 Å². The second-order valence-electron chi connectivity index (χ2n) is 4.87. The van der Waals surface area contributed by atoms with Crippen molar-refractivity contribution < 1.29 is 14.7 Å². The fraction of sp³-hybridized carbons (Fsp3) is 0.176. The van der Waals surface area contributed by atoms with Crippen molar-refractivity contribution in [2.24, 2.45) is 0 Å². The van der Waals surface area contributed by atoms with Gasteiger partial charge in [0.25, 0.3) is 0 Å². The fourth-order valence-electron chi connectivity index (χ4n) is 2.00. The van der Waals surface area contributed by atoms with Crippen molar-refractivity contribution in [2.75, 3.05) is 0 Å². The average molecular weight is 362 g/mol. The highest BCUT2D eigenvalue weighted by atomic mass is 79.9. The van der Waals surface area contributed by atoms with E-state index in [9.17, 15) is 9.59 Å². The maximum atomic E-state index is 11.9. The van der Waals surface area contributed by atoms with E-state index in [1.54, 1.807) is 24.3 Å². The van der Waals surface area contributed by atoms with Crippen molar-refractivity contribution in [3.8, 4) is 0 Å². The summed E-state index contributed by atoms with van der Waals surface area (Å²) < 4.78 is 0.972. The summed E-state index contributed by atoms with van der Waals surface area (Å²) in [4.78, 5) is 22.6. The molecule has 22 heavy (non-hydrogen) atoms. The minimum absolute atomic E-state index is 0.0296. The number of nitrogens with one attached hydrogen (secondary N) is 1. The topological polar surface area (TPSA) is 66.4 Å². The van der Waals surface area contributed by atoms with Crippen molar-refractivity contribution in [2.45, 2.75) is 19.4 Å². The van der Waals surface area contributed by atoms with Gasteiger partial charge in [-0.05, 0) is 35.7 Å². The first-order valence-electron chi connectivity index (χ1n) is 6.88.